The van der Waals surface area contributed by atoms with Crippen molar-refractivity contribution in [1.82, 2.24) is 0 Å². The molecule has 1 saturated carbocycles. The summed E-state index contributed by atoms with van der Waals surface area (Å²) in [5.74, 6) is -9.56. The van der Waals surface area contributed by atoms with Crippen LogP contribution < -0.4 is 0 Å². The van der Waals surface area contributed by atoms with Crippen LogP contribution >= 0.6 is 27.4 Å². The van der Waals surface area contributed by atoms with E-state index >= 15 is 0 Å². The number of benzene rings is 1. The highest BCUT2D eigenvalue weighted by Gasteiger charge is 2.53. The van der Waals surface area contributed by atoms with Gasteiger partial charge in [0.05, 0.1) is 11.0 Å². The van der Waals surface area contributed by atoms with Crippen LogP contribution in [0, 0.1) is 35.0 Å². The van der Waals surface area contributed by atoms with Gasteiger partial charge in [-0.05, 0) is 62.2 Å². The van der Waals surface area contributed by atoms with Crippen LogP contribution in [-0.4, -0.2) is 10.9 Å². The standard InChI is InChI=1S/C16H16F5OPS3/c1-7(2)8-4-5-16(3)9(6-8)22-23(24,26-16)25-15-13(20)11(18)10(17)12(19)14(15)21/h8-9H,1,4-6H2,2-3H3/t8?,9-,16-,23+/m0/s1. The van der Waals surface area contributed by atoms with Crippen molar-refractivity contribution in [3.8, 4) is 0 Å². The number of rotatable bonds is 3. The number of fused-ring (bicyclic) bond motifs is 1. The molecule has 0 aromatic heterocycles. The van der Waals surface area contributed by atoms with Crippen LogP contribution in [0.4, 0.5) is 22.0 Å². The Morgan fingerprint density at radius 3 is 2.27 bits per heavy atom. The van der Waals surface area contributed by atoms with Crippen molar-refractivity contribution in [3.05, 3.63) is 41.2 Å². The summed E-state index contributed by atoms with van der Waals surface area (Å²) in [6.45, 7) is 7.88. The topological polar surface area (TPSA) is 9.23 Å². The van der Waals surface area contributed by atoms with Crippen LogP contribution in [0.5, 0.6) is 0 Å². The zero-order chi connectivity index (χ0) is 19.4. The summed E-state index contributed by atoms with van der Waals surface area (Å²) in [6.07, 6.45) is 2.15. The number of halogens is 5. The third-order valence-corrected chi connectivity index (χ3v) is 13.8. The Morgan fingerprint density at radius 2 is 1.73 bits per heavy atom. The third kappa shape index (κ3) is 3.50. The fourth-order valence-electron chi connectivity index (χ4n) is 3.20. The second kappa shape index (κ2) is 7.07. The van der Waals surface area contributed by atoms with Crippen molar-refractivity contribution < 1.29 is 26.5 Å². The van der Waals surface area contributed by atoms with E-state index in [4.69, 9.17) is 16.3 Å². The molecule has 1 unspecified atom stereocenters. The molecule has 1 aliphatic carbocycles. The van der Waals surface area contributed by atoms with E-state index in [9.17, 15) is 22.0 Å². The highest BCUT2D eigenvalue weighted by Crippen LogP contribution is 2.82. The Morgan fingerprint density at radius 1 is 1.19 bits per heavy atom. The quantitative estimate of drug-likeness (QED) is 0.163. The van der Waals surface area contributed by atoms with E-state index in [1.165, 1.54) is 11.4 Å². The molecule has 0 spiro atoms. The van der Waals surface area contributed by atoms with E-state index in [1.54, 1.807) is 0 Å². The second-order valence-electron chi connectivity index (χ2n) is 6.75. The first-order chi connectivity index (χ1) is 12.0. The predicted molar refractivity (Wildman–Crippen MR) is 99.4 cm³/mol. The van der Waals surface area contributed by atoms with Gasteiger partial charge < -0.3 is 4.52 Å². The van der Waals surface area contributed by atoms with Crippen LogP contribution in [0.25, 0.3) is 0 Å². The SMILES string of the molecule is C=C(C)C1CC[C@]2(C)S[P@](=S)(Sc3c(F)c(F)c(F)c(F)c3F)O[C@H]2C1. The summed E-state index contributed by atoms with van der Waals surface area (Å²) in [5, 5.41) is 0. The lowest BCUT2D eigenvalue weighted by Crippen LogP contribution is -2.39. The summed E-state index contributed by atoms with van der Waals surface area (Å²) in [6, 6.07) is 0. The third-order valence-electron chi connectivity index (χ3n) is 4.82. The molecule has 2 aliphatic rings. The van der Waals surface area contributed by atoms with Gasteiger partial charge in [0.2, 0.25) is 5.82 Å². The Hall–Kier alpha value is -0.0800. The van der Waals surface area contributed by atoms with Crippen molar-refractivity contribution in [3.63, 3.8) is 0 Å². The Bertz CT molecular complexity index is 804. The highest BCUT2D eigenvalue weighted by molar-refractivity contribution is 8.99. The normalized spacial score (nSPS) is 34.0. The maximum absolute atomic E-state index is 14.0. The van der Waals surface area contributed by atoms with E-state index < -0.39 is 38.7 Å². The first-order valence-corrected chi connectivity index (χ1v) is 13.4. The average molecular weight is 446 g/mol. The van der Waals surface area contributed by atoms with Gasteiger partial charge in [0.1, 0.15) is 0 Å². The Balaban J connectivity index is 1.91. The monoisotopic (exact) mass is 446 g/mol. The van der Waals surface area contributed by atoms with Gasteiger partial charge in [0, 0.05) is 4.75 Å². The molecule has 144 valence electrons. The number of hydrogen-bond acceptors (Lipinski definition) is 4. The van der Waals surface area contributed by atoms with Crippen LogP contribution in [0.1, 0.15) is 33.1 Å². The van der Waals surface area contributed by atoms with Gasteiger partial charge in [0.25, 0.3) is 0 Å². The average Bonchev–Trinajstić information content (AvgIpc) is 2.84. The van der Waals surface area contributed by atoms with Crippen molar-refractivity contribution in [2.75, 3.05) is 0 Å². The molecular weight excluding hydrogens is 430 g/mol. The minimum atomic E-state index is -2.93. The molecule has 0 radical (unpaired) electrons. The van der Waals surface area contributed by atoms with E-state index in [1.807, 2.05) is 13.8 Å². The van der Waals surface area contributed by atoms with Crippen molar-refractivity contribution >= 4 is 39.2 Å². The lowest BCUT2D eigenvalue weighted by Gasteiger charge is -2.37. The van der Waals surface area contributed by atoms with Crippen molar-refractivity contribution in [2.45, 2.75) is 48.9 Å². The molecule has 1 nitrogen and oxygen atoms in total. The zero-order valence-electron chi connectivity index (χ0n) is 14.0. The first kappa shape index (κ1) is 20.6. The lowest BCUT2D eigenvalue weighted by atomic mass is 9.77. The summed E-state index contributed by atoms with van der Waals surface area (Å²) in [5.41, 5.74) is 1.04. The molecule has 2 fully saturated rings. The van der Waals surface area contributed by atoms with Crippen molar-refractivity contribution in [2.24, 2.45) is 5.92 Å². The zero-order valence-corrected chi connectivity index (χ0v) is 17.3. The van der Waals surface area contributed by atoms with Gasteiger partial charge in [-0.3, -0.25) is 0 Å². The van der Waals surface area contributed by atoms with Gasteiger partial charge in [0.15, 0.2) is 27.9 Å². The molecule has 0 bridgehead atoms. The van der Waals surface area contributed by atoms with Gasteiger partial charge in [-0.2, -0.15) is 0 Å². The molecule has 1 aromatic rings. The lowest BCUT2D eigenvalue weighted by molar-refractivity contribution is 0.129. The predicted octanol–water partition coefficient (Wildman–Crippen LogP) is 6.97. The fraction of sp³-hybridized carbons (Fsp3) is 0.500. The molecule has 0 amide bonds. The van der Waals surface area contributed by atoms with E-state index in [0.29, 0.717) is 17.8 Å². The fourth-order valence-corrected chi connectivity index (χ4v) is 14.9. The number of hydrogen-bond donors (Lipinski definition) is 0. The minimum Gasteiger partial charge on any atom is -0.329 e. The maximum Gasteiger partial charge on any atom is 0.200 e. The first-order valence-electron chi connectivity index (χ1n) is 7.83. The molecule has 0 N–H and O–H groups in total. The van der Waals surface area contributed by atoms with Gasteiger partial charge in [-0.1, -0.05) is 23.5 Å². The molecular formula is C16H16F5OPS3. The van der Waals surface area contributed by atoms with Crippen LogP contribution in [-0.2, 0) is 16.3 Å². The highest BCUT2D eigenvalue weighted by atomic mass is 33.2. The molecule has 10 heteroatoms. The molecule has 1 aliphatic heterocycles. The minimum absolute atomic E-state index is 0.234. The van der Waals surface area contributed by atoms with E-state index in [-0.39, 0.29) is 16.8 Å². The summed E-state index contributed by atoms with van der Waals surface area (Å²) in [7, 11) is 0. The van der Waals surface area contributed by atoms with Crippen LogP contribution in [0.3, 0.4) is 0 Å². The summed E-state index contributed by atoms with van der Waals surface area (Å²) in [4.78, 5) is -0.962. The van der Waals surface area contributed by atoms with Crippen molar-refractivity contribution in [1.29, 1.82) is 0 Å². The molecule has 4 atom stereocenters. The molecule has 1 saturated heterocycles. The molecule has 26 heavy (non-hydrogen) atoms. The summed E-state index contributed by atoms with van der Waals surface area (Å²) >= 11 is 7.27. The van der Waals surface area contributed by atoms with Crippen LogP contribution in [0.2, 0.25) is 0 Å². The Kier molecular flexibility index (Phi) is 5.61. The number of allylic oxidation sites excluding steroid dienone is 1. The summed E-state index contributed by atoms with van der Waals surface area (Å²) < 4.78 is 70.9. The second-order valence-corrected chi connectivity index (χ2v) is 17.4. The largest absolute Gasteiger partial charge is 0.329 e. The smallest absolute Gasteiger partial charge is 0.200 e. The Labute approximate surface area is 161 Å². The van der Waals surface area contributed by atoms with Crippen LogP contribution in [0.15, 0.2) is 17.0 Å². The van der Waals surface area contributed by atoms with Gasteiger partial charge in [-0.15, -0.1) is 0 Å². The molecule has 1 heterocycles. The molecule has 1 aromatic carbocycles. The van der Waals surface area contributed by atoms with E-state index in [0.717, 1.165) is 18.4 Å². The van der Waals surface area contributed by atoms with Gasteiger partial charge >= 0.3 is 0 Å². The molecule has 3 rings (SSSR count). The van der Waals surface area contributed by atoms with Gasteiger partial charge in [-0.25, -0.2) is 22.0 Å². The maximum atomic E-state index is 14.0. The van der Waals surface area contributed by atoms with E-state index in [2.05, 4.69) is 6.58 Å².